The number of carboxylic acids is 1. The molecule has 1 saturated heterocycles. The van der Waals surface area contributed by atoms with Crippen LogP contribution in [0.4, 0.5) is 4.79 Å². The number of nitrogens with one attached hydrogen (secondary N) is 2. The van der Waals surface area contributed by atoms with E-state index in [4.69, 9.17) is 5.11 Å². The van der Waals surface area contributed by atoms with Crippen LogP contribution in [0.2, 0.25) is 0 Å². The van der Waals surface area contributed by atoms with E-state index in [1.54, 1.807) is 0 Å². The molecule has 0 aliphatic carbocycles. The highest BCUT2D eigenvalue weighted by Crippen LogP contribution is 2.15. The Balaban J connectivity index is 2.63. The summed E-state index contributed by atoms with van der Waals surface area (Å²) >= 11 is 0. The number of carbonyl (C=O) groups excluding carboxylic acids is 3. The van der Waals surface area contributed by atoms with Gasteiger partial charge in [0.2, 0.25) is 5.91 Å². The molecule has 0 aromatic rings. The summed E-state index contributed by atoms with van der Waals surface area (Å²) < 4.78 is 0. The first-order valence-electron chi connectivity index (χ1n) is 5.31. The normalized spacial score (nSPS) is 19.4. The zero-order valence-corrected chi connectivity index (χ0v) is 10.3. The lowest BCUT2D eigenvalue weighted by atomic mass is 10.1. The number of nitrogens with zero attached hydrogens (tertiary/aromatic N) is 1. The van der Waals surface area contributed by atoms with Crippen molar-refractivity contribution in [3.8, 4) is 0 Å². The second kappa shape index (κ2) is 4.63. The number of urea groups is 1. The third-order valence-corrected chi connectivity index (χ3v) is 2.49. The van der Waals surface area contributed by atoms with E-state index in [2.05, 4.69) is 10.6 Å². The van der Waals surface area contributed by atoms with Crippen LogP contribution in [0.25, 0.3) is 0 Å². The quantitative estimate of drug-likeness (QED) is 0.553. The van der Waals surface area contributed by atoms with Crippen molar-refractivity contribution < 1.29 is 24.3 Å². The Labute approximate surface area is 103 Å². The fourth-order valence-electron chi connectivity index (χ4n) is 1.45. The summed E-state index contributed by atoms with van der Waals surface area (Å²) in [4.78, 5) is 45.9. The predicted molar refractivity (Wildman–Crippen MR) is 59.6 cm³/mol. The van der Waals surface area contributed by atoms with E-state index >= 15 is 0 Å². The summed E-state index contributed by atoms with van der Waals surface area (Å²) in [5.41, 5.74) is -1.05. The lowest BCUT2D eigenvalue weighted by Crippen LogP contribution is -2.46. The van der Waals surface area contributed by atoms with E-state index in [0.717, 1.165) is 4.90 Å². The minimum Gasteiger partial charge on any atom is -0.480 e. The average molecular weight is 257 g/mol. The molecule has 1 aliphatic rings. The van der Waals surface area contributed by atoms with Crippen molar-refractivity contribution in [3.63, 3.8) is 0 Å². The highest BCUT2D eigenvalue weighted by atomic mass is 16.4. The summed E-state index contributed by atoms with van der Waals surface area (Å²) in [6, 6.07) is -1.74. The van der Waals surface area contributed by atoms with Crippen LogP contribution in [-0.2, 0) is 14.4 Å². The minimum absolute atomic E-state index is 0.494. The van der Waals surface area contributed by atoms with E-state index < -0.39 is 41.9 Å². The first-order chi connectivity index (χ1) is 8.15. The summed E-state index contributed by atoms with van der Waals surface area (Å²) in [5, 5.41) is 13.2. The minimum atomic E-state index is -1.19. The lowest BCUT2D eigenvalue weighted by Gasteiger charge is -2.16. The molecular formula is C10H15N3O5. The van der Waals surface area contributed by atoms with Crippen molar-refractivity contribution in [1.29, 1.82) is 0 Å². The maximum atomic E-state index is 11.7. The zero-order valence-electron chi connectivity index (χ0n) is 10.3. The maximum absolute atomic E-state index is 11.7. The highest BCUT2D eigenvalue weighted by molar-refractivity contribution is 6.08. The molecule has 1 heterocycles. The number of amides is 4. The molecule has 0 radical (unpaired) electrons. The van der Waals surface area contributed by atoms with E-state index in [0.29, 0.717) is 0 Å². The molecule has 8 nitrogen and oxygen atoms in total. The second-order valence-corrected chi connectivity index (χ2v) is 4.57. The average Bonchev–Trinajstić information content (AvgIpc) is 2.40. The first kappa shape index (κ1) is 13.9. The third-order valence-electron chi connectivity index (χ3n) is 2.49. The fraction of sp³-hybridized carbons (Fsp3) is 0.600. The Kier molecular flexibility index (Phi) is 3.59. The van der Waals surface area contributed by atoms with Gasteiger partial charge in [-0.1, -0.05) is 0 Å². The van der Waals surface area contributed by atoms with Crippen LogP contribution >= 0.6 is 0 Å². The van der Waals surface area contributed by atoms with Crippen molar-refractivity contribution in [1.82, 2.24) is 15.5 Å². The van der Waals surface area contributed by atoms with Gasteiger partial charge in [-0.2, -0.15) is 0 Å². The van der Waals surface area contributed by atoms with Crippen molar-refractivity contribution in [2.24, 2.45) is 0 Å². The summed E-state index contributed by atoms with van der Waals surface area (Å²) in [6.45, 7) is 3.83. The van der Waals surface area contributed by atoms with Gasteiger partial charge >= 0.3 is 12.0 Å². The number of carbonyl (C=O) groups is 4. The molecule has 0 aromatic heterocycles. The molecule has 4 amide bonds. The van der Waals surface area contributed by atoms with Gasteiger partial charge in [-0.3, -0.25) is 19.3 Å². The van der Waals surface area contributed by atoms with E-state index in [1.807, 2.05) is 0 Å². The van der Waals surface area contributed by atoms with Gasteiger partial charge in [-0.15, -0.1) is 0 Å². The first-order valence-corrected chi connectivity index (χ1v) is 5.31. The molecule has 0 saturated carbocycles. The summed E-state index contributed by atoms with van der Waals surface area (Å²) in [6.07, 6.45) is 0. The number of carboxylic acid groups (broad SMARTS) is 1. The number of rotatable bonds is 4. The van der Waals surface area contributed by atoms with Crippen LogP contribution in [0.3, 0.4) is 0 Å². The van der Waals surface area contributed by atoms with Gasteiger partial charge in [0.15, 0.2) is 0 Å². The number of imide groups is 1. The fourth-order valence-corrected chi connectivity index (χ4v) is 1.45. The van der Waals surface area contributed by atoms with Crippen molar-refractivity contribution in [2.75, 3.05) is 6.54 Å². The summed E-state index contributed by atoms with van der Waals surface area (Å²) in [7, 11) is 0. The van der Waals surface area contributed by atoms with Gasteiger partial charge < -0.3 is 15.7 Å². The van der Waals surface area contributed by atoms with Gasteiger partial charge in [0.1, 0.15) is 18.1 Å². The smallest absolute Gasteiger partial charge is 0.325 e. The second-order valence-electron chi connectivity index (χ2n) is 4.57. The maximum Gasteiger partial charge on any atom is 0.325 e. The van der Waals surface area contributed by atoms with E-state index in [9.17, 15) is 19.2 Å². The monoisotopic (exact) mass is 257 g/mol. The molecule has 100 valence electrons. The Morgan fingerprint density at radius 3 is 2.39 bits per heavy atom. The highest BCUT2D eigenvalue weighted by Gasteiger charge is 2.44. The molecule has 3 N–H and O–H groups in total. The molecule has 8 heteroatoms. The Hall–Kier alpha value is -2.12. The van der Waals surface area contributed by atoms with Gasteiger partial charge in [0.05, 0.1) is 0 Å². The molecule has 1 unspecified atom stereocenters. The van der Waals surface area contributed by atoms with Crippen LogP contribution in [-0.4, -0.2) is 51.9 Å². The number of aliphatic carboxylic acids is 1. The van der Waals surface area contributed by atoms with Gasteiger partial charge in [-0.05, 0) is 20.8 Å². The van der Waals surface area contributed by atoms with Crippen LogP contribution in [0.5, 0.6) is 0 Å². The molecule has 1 fully saturated rings. The third kappa shape index (κ3) is 2.76. The zero-order chi connectivity index (χ0) is 14.1. The summed E-state index contributed by atoms with van der Waals surface area (Å²) in [5.74, 6) is -2.42. The molecule has 0 spiro atoms. The molecule has 1 rings (SSSR count). The SMILES string of the molecule is CC(NC(=O)CN1C(=O)NC(C)(C)C1=O)C(=O)O. The lowest BCUT2D eigenvalue weighted by molar-refractivity contribution is -0.141. The predicted octanol–water partition coefficient (Wildman–Crippen LogP) is -1.09. The molecule has 1 aliphatic heterocycles. The van der Waals surface area contributed by atoms with Crippen LogP contribution in [0, 0.1) is 0 Å². The van der Waals surface area contributed by atoms with Gasteiger partial charge in [0, 0.05) is 0 Å². The topological polar surface area (TPSA) is 116 Å². The van der Waals surface area contributed by atoms with Gasteiger partial charge in [0.25, 0.3) is 5.91 Å². The Morgan fingerprint density at radius 2 is 2.00 bits per heavy atom. The Morgan fingerprint density at radius 1 is 1.44 bits per heavy atom. The molecule has 0 aromatic carbocycles. The van der Waals surface area contributed by atoms with Crippen molar-refractivity contribution in [2.45, 2.75) is 32.4 Å². The van der Waals surface area contributed by atoms with Crippen LogP contribution < -0.4 is 10.6 Å². The largest absolute Gasteiger partial charge is 0.480 e. The van der Waals surface area contributed by atoms with Crippen LogP contribution in [0.1, 0.15) is 20.8 Å². The standard InChI is InChI=1S/C10H15N3O5/c1-5(7(15)16)11-6(14)4-13-8(17)10(2,3)12-9(13)18/h5H,4H2,1-3H3,(H,11,14)(H,12,18)(H,15,16). The van der Waals surface area contributed by atoms with Crippen molar-refractivity contribution >= 4 is 23.8 Å². The van der Waals surface area contributed by atoms with E-state index in [-0.39, 0.29) is 0 Å². The molecule has 0 bridgehead atoms. The van der Waals surface area contributed by atoms with E-state index in [1.165, 1.54) is 20.8 Å². The Bertz CT molecular complexity index is 418. The van der Waals surface area contributed by atoms with Crippen molar-refractivity contribution in [3.05, 3.63) is 0 Å². The number of hydrogen-bond donors (Lipinski definition) is 3. The molecule has 1 atom stereocenters. The molecule has 18 heavy (non-hydrogen) atoms. The number of hydrogen-bond acceptors (Lipinski definition) is 4. The van der Waals surface area contributed by atoms with Gasteiger partial charge in [-0.25, -0.2) is 4.79 Å². The van der Waals surface area contributed by atoms with Crippen LogP contribution in [0.15, 0.2) is 0 Å². The molecular weight excluding hydrogens is 242 g/mol.